The molecule has 0 radical (unpaired) electrons. The minimum absolute atomic E-state index is 0.0942. The summed E-state index contributed by atoms with van der Waals surface area (Å²) < 4.78 is 27.5. The number of hydrogen-bond acceptors (Lipinski definition) is 4. The molecule has 144 valence electrons. The van der Waals surface area contributed by atoms with Gasteiger partial charge in [0.15, 0.2) is 0 Å². The Hall–Kier alpha value is -2.77. The van der Waals surface area contributed by atoms with Crippen LogP contribution in [0.1, 0.15) is 23.7 Å². The number of nitrogens with zero attached hydrogens (tertiary/aromatic N) is 2. The van der Waals surface area contributed by atoms with Crippen LogP contribution in [0, 0.1) is 0 Å². The van der Waals surface area contributed by atoms with Crippen molar-refractivity contribution in [2.75, 3.05) is 6.54 Å². The molecule has 2 aromatic carbocycles. The lowest BCUT2D eigenvalue weighted by Crippen LogP contribution is -2.39. The molecule has 4 rings (SSSR count). The van der Waals surface area contributed by atoms with Gasteiger partial charge in [0.05, 0.1) is 17.1 Å². The van der Waals surface area contributed by atoms with Crippen molar-refractivity contribution in [3.05, 3.63) is 81.8 Å². The Morgan fingerprint density at radius 3 is 2.46 bits per heavy atom. The maximum atomic E-state index is 13.0. The SMILES string of the molecule is CCc1ccc(S(=O)(=O)N2CCc3c(nc(-c4ccccc4)[nH]c3=O)C2)cc1. The molecule has 1 aliphatic heterocycles. The van der Waals surface area contributed by atoms with Crippen molar-refractivity contribution in [1.82, 2.24) is 14.3 Å². The molecule has 0 saturated heterocycles. The largest absolute Gasteiger partial charge is 0.306 e. The second-order valence-electron chi connectivity index (χ2n) is 6.79. The lowest BCUT2D eigenvalue weighted by molar-refractivity contribution is 0.383. The minimum atomic E-state index is -3.64. The van der Waals surface area contributed by atoms with E-state index < -0.39 is 10.0 Å². The second-order valence-corrected chi connectivity index (χ2v) is 8.73. The third-order valence-electron chi connectivity index (χ3n) is 5.06. The average molecular weight is 395 g/mol. The van der Waals surface area contributed by atoms with Crippen LogP contribution in [0.2, 0.25) is 0 Å². The van der Waals surface area contributed by atoms with Crippen LogP contribution in [0.15, 0.2) is 64.3 Å². The summed E-state index contributed by atoms with van der Waals surface area (Å²) in [5.74, 6) is 0.455. The van der Waals surface area contributed by atoms with Crippen LogP contribution < -0.4 is 5.56 Å². The van der Waals surface area contributed by atoms with Crippen molar-refractivity contribution in [2.45, 2.75) is 31.2 Å². The van der Waals surface area contributed by atoms with Crippen molar-refractivity contribution in [2.24, 2.45) is 0 Å². The molecule has 1 N–H and O–H groups in total. The summed E-state index contributed by atoms with van der Waals surface area (Å²) in [6.45, 7) is 2.38. The van der Waals surface area contributed by atoms with E-state index in [4.69, 9.17) is 0 Å². The van der Waals surface area contributed by atoms with Crippen LogP contribution in [-0.2, 0) is 29.4 Å². The van der Waals surface area contributed by atoms with Crippen molar-refractivity contribution in [3.63, 3.8) is 0 Å². The molecule has 1 aliphatic rings. The molecule has 0 aliphatic carbocycles. The number of aromatic amines is 1. The zero-order valence-corrected chi connectivity index (χ0v) is 16.4. The Balaban J connectivity index is 1.68. The highest BCUT2D eigenvalue weighted by molar-refractivity contribution is 7.89. The first-order chi connectivity index (χ1) is 13.5. The van der Waals surface area contributed by atoms with Gasteiger partial charge in [0.2, 0.25) is 10.0 Å². The van der Waals surface area contributed by atoms with Crippen LogP contribution in [0.25, 0.3) is 11.4 Å². The number of nitrogens with one attached hydrogen (secondary N) is 1. The van der Waals surface area contributed by atoms with E-state index in [0.29, 0.717) is 23.5 Å². The molecular formula is C21H21N3O3S. The van der Waals surface area contributed by atoms with Gasteiger partial charge in [-0.1, -0.05) is 49.4 Å². The fraction of sp³-hybridized carbons (Fsp3) is 0.238. The van der Waals surface area contributed by atoms with Crippen molar-refractivity contribution < 1.29 is 8.42 Å². The summed E-state index contributed by atoms with van der Waals surface area (Å²) in [5, 5.41) is 0. The van der Waals surface area contributed by atoms with E-state index >= 15 is 0 Å². The lowest BCUT2D eigenvalue weighted by atomic mass is 10.1. The first kappa shape index (κ1) is 18.6. The van der Waals surface area contributed by atoms with Gasteiger partial charge in [0, 0.05) is 17.7 Å². The summed E-state index contributed by atoms with van der Waals surface area (Å²) in [5.41, 5.74) is 2.75. The molecule has 3 aromatic rings. The predicted molar refractivity (Wildman–Crippen MR) is 107 cm³/mol. The summed E-state index contributed by atoms with van der Waals surface area (Å²) in [6, 6.07) is 16.3. The van der Waals surface area contributed by atoms with Gasteiger partial charge in [-0.25, -0.2) is 13.4 Å². The molecule has 0 unspecified atom stereocenters. The van der Waals surface area contributed by atoms with Crippen LogP contribution in [-0.4, -0.2) is 29.2 Å². The van der Waals surface area contributed by atoms with Gasteiger partial charge in [-0.05, 0) is 30.5 Å². The topological polar surface area (TPSA) is 83.1 Å². The summed E-state index contributed by atoms with van der Waals surface area (Å²) in [7, 11) is -3.64. The number of fused-ring (bicyclic) bond motifs is 1. The highest BCUT2D eigenvalue weighted by atomic mass is 32.2. The van der Waals surface area contributed by atoms with E-state index in [1.54, 1.807) is 12.1 Å². The number of benzene rings is 2. The number of aromatic nitrogens is 2. The highest BCUT2D eigenvalue weighted by Crippen LogP contribution is 2.24. The Labute approximate surface area is 163 Å². The smallest absolute Gasteiger partial charge is 0.254 e. The summed E-state index contributed by atoms with van der Waals surface area (Å²) in [4.78, 5) is 20.1. The van der Waals surface area contributed by atoms with Crippen LogP contribution in [0.4, 0.5) is 0 Å². The Kier molecular flexibility index (Phi) is 4.87. The van der Waals surface area contributed by atoms with Gasteiger partial charge >= 0.3 is 0 Å². The average Bonchev–Trinajstić information content (AvgIpc) is 2.74. The molecule has 28 heavy (non-hydrogen) atoms. The maximum Gasteiger partial charge on any atom is 0.254 e. The van der Waals surface area contributed by atoms with Gasteiger partial charge < -0.3 is 4.98 Å². The van der Waals surface area contributed by atoms with Gasteiger partial charge in [-0.15, -0.1) is 0 Å². The van der Waals surface area contributed by atoms with Gasteiger partial charge in [0.25, 0.3) is 5.56 Å². The normalized spacial score (nSPS) is 14.6. The highest BCUT2D eigenvalue weighted by Gasteiger charge is 2.30. The molecule has 1 aromatic heterocycles. The first-order valence-electron chi connectivity index (χ1n) is 9.25. The van der Waals surface area contributed by atoms with E-state index in [0.717, 1.165) is 17.5 Å². The molecule has 0 spiro atoms. The molecule has 0 fully saturated rings. The zero-order chi connectivity index (χ0) is 19.7. The molecule has 2 heterocycles. The second kappa shape index (κ2) is 7.33. The van der Waals surface area contributed by atoms with Gasteiger partial charge in [0.1, 0.15) is 5.82 Å². The fourth-order valence-electron chi connectivity index (χ4n) is 3.40. The third kappa shape index (κ3) is 3.39. The predicted octanol–water partition coefficient (Wildman–Crippen LogP) is 2.75. The van der Waals surface area contributed by atoms with Gasteiger partial charge in [-0.2, -0.15) is 4.31 Å². The summed E-state index contributed by atoms with van der Waals surface area (Å²) >= 11 is 0. The zero-order valence-electron chi connectivity index (χ0n) is 15.6. The van der Waals surface area contributed by atoms with Crippen molar-refractivity contribution in [1.29, 1.82) is 0 Å². The molecule has 7 heteroatoms. The molecule has 6 nitrogen and oxygen atoms in total. The number of rotatable bonds is 4. The minimum Gasteiger partial charge on any atom is -0.306 e. The maximum absolute atomic E-state index is 13.0. The van der Waals surface area contributed by atoms with E-state index in [9.17, 15) is 13.2 Å². The Morgan fingerprint density at radius 2 is 1.79 bits per heavy atom. The monoisotopic (exact) mass is 395 g/mol. The fourth-order valence-corrected chi connectivity index (χ4v) is 4.80. The van der Waals surface area contributed by atoms with Crippen molar-refractivity contribution in [3.8, 4) is 11.4 Å². The van der Waals surface area contributed by atoms with Crippen LogP contribution >= 0.6 is 0 Å². The molecule has 0 saturated carbocycles. The van der Waals surface area contributed by atoms with E-state index in [2.05, 4.69) is 9.97 Å². The Morgan fingerprint density at radius 1 is 1.07 bits per heavy atom. The Bertz CT molecular complexity index is 1150. The van der Waals surface area contributed by atoms with E-state index in [-0.39, 0.29) is 23.5 Å². The third-order valence-corrected chi connectivity index (χ3v) is 6.91. The first-order valence-corrected chi connectivity index (χ1v) is 10.7. The number of hydrogen-bond donors (Lipinski definition) is 1. The van der Waals surface area contributed by atoms with Crippen LogP contribution in [0.3, 0.4) is 0 Å². The van der Waals surface area contributed by atoms with Gasteiger partial charge in [-0.3, -0.25) is 4.79 Å². The number of H-pyrrole nitrogens is 1. The lowest BCUT2D eigenvalue weighted by Gasteiger charge is -2.27. The molecule has 0 bridgehead atoms. The van der Waals surface area contributed by atoms with E-state index in [1.165, 1.54) is 4.31 Å². The van der Waals surface area contributed by atoms with Crippen molar-refractivity contribution >= 4 is 10.0 Å². The number of aryl methyl sites for hydroxylation is 1. The standard InChI is InChI=1S/C21H21N3O3S/c1-2-15-8-10-17(11-9-15)28(26,27)24-13-12-18-19(14-24)22-20(23-21(18)25)16-6-4-3-5-7-16/h3-11H,2,12-14H2,1H3,(H,22,23,25). The van der Waals surface area contributed by atoms with E-state index in [1.807, 2.05) is 49.4 Å². The quantitative estimate of drug-likeness (QED) is 0.736. The molecule has 0 amide bonds. The van der Waals surface area contributed by atoms with Crippen LogP contribution in [0.5, 0.6) is 0 Å². The number of sulfonamides is 1. The molecular weight excluding hydrogens is 374 g/mol. The summed E-state index contributed by atoms with van der Waals surface area (Å²) in [6.07, 6.45) is 1.20. The molecule has 0 atom stereocenters.